The van der Waals surface area contributed by atoms with Crippen molar-refractivity contribution in [1.82, 2.24) is 14.0 Å². The molecule has 1 saturated carbocycles. The lowest BCUT2D eigenvalue weighted by Gasteiger charge is -2.24. The van der Waals surface area contributed by atoms with Gasteiger partial charge in [-0.1, -0.05) is 12.1 Å². The largest absolute Gasteiger partial charge is 0.477 e. The van der Waals surface area contributed by atoms with Gasteiger partial charge >= 0.3 is 17.8 Å². The lowest BCUT2D eigenvalue weighted by molar-refractivity contribution is -0.138. The first kappa shape index (κ1) is 23.8. The van der Waals surface area contributed by atoms with Crippen LogP contribution in [0.4, 0.5) is 13.2 Å². The monoisotopic (exact) mass is 501 g/mol. The molecule has 1 N–H and O–H groups in total. The molecule has 1 saturated heterocycles. The molecule has 8 nitrogen and oxygen atoms in total. The van der Waals surface area contributed by atoms with Gasteiger partial charge in [-0.05, 0) is 55.5 Å². The number of alkyl halides is 3. The molecule has 5 rings (SSSR count). The smallest absolute Gasteiger partial charge is 0.416 e. The first-order valence-electron chi connectivity index (χ1n) is 11.3. The number of carbonyl (C=O) groups excluding carboxylic acids is 1. The van der Waals surface area contributed by atoms with E-state index >= 15 is 0 Å². The van der Waals surface area contributed by atoms with Crippen LogP contribution >= 0.6 is 0 Å². The number of aromatic carboxylic acids is 1. The number of aromatic nitrogens is 2. The average molecular weight is 501 g/mol. The van der Waals surface area contributed by atoms with Crippen LogP contribution in [0.2, 0.25) is 0 Å². The summed E-state index contributed by atoms with van der Waals surface area (Å²) < 4.78 is 41.8. The van der Waals surface area contributed by atoms with Gasteiger partial charge < -0.3 is 10.0 Å². The second-order valence-electron chi connectivity index (χ2n) is 9.51. The number of hydrogen-bond donors (Lipinski definition) is 1. The third-order valence-electron chi connectivity index (χ3n) is 7.58. The average Bonchev–Trinajstić information content (AvgIpc) is 3.59. The number of amides is 1. The van der Waals surface area contributed by atoms with Crippen molar-refractivity contribution in [2.24, 2.45) is 11.3 Å². The third kappa shape index (κ3) is 3.44. The van der Waals surface area contributed by atoms with E-state index in [1.54, 1.807) is 24.1 Å². The van der Waals surface area contributed by atoms with E-state index in [0.29, 0.717) is 10.3 Å². The van der Waals surface area contributed by atoms with Crippen LogP contribution in [0.25, 0.3) is 5.70 Å². The van der Waals surface area contributed by atoms with Crippen LogP contribution in [0.5, 0.6) is 0 Å². The van der Waals surface area contributed by atoms with Crippen molar-refractivity contribution in [2.45, 2.75) is 38.9 Å². The molecule has 1 spiro atoms. The maximum Gasteiger partial charge on any atom is 0.416 e. The maximum absolute atomic E-state index is 13.4. The molecule has 0 radical (unpaired) electrons. The van der Waals surface area contributed by atoms with E-state index in [9.17, 15) is 37.5 Å². The normalized spacial score (nSPS) is 20.3. The molecule has 2 aliphatic carbocycles. The van der Waals surface area contributed by atoms with Crippen molar-refractivity contribution in [3.8, 4) is 0 Å². The summed E-state index contributed by atoms with van der Waals surface area (Å²) in [7, 11) is 1.69. The summed E-state index contributed by atoms with van der Waals surface area (Å²) >= 11 is 0. The van der Waals surface area contributed by atoms with Crippen molar-refractivity contribution in [3.05, 3.63) is 85.3 Å². The molecule has 2 aromatic rings. The summed E-state index contributed by atoms with van der Waals surface area (Å²) in [6, 6.07) is 3.44. The zero-order valence-electron chi connectivity index (χ0n) is 19.4. The SMILES string of the molecule is Cc1c(Cn2c(=O)c(C(=O)O)cn(C3=CC=C4C(C3)C3(CC3)C(=O)N4C)c2=O)cccc1C(F)(F)F. The molecule has 11 heteroatoms. The Morgan fingerprint density at radius 2 is 1.86 bits per heavy atom. The highest BCUT2D eigenvalue weighted by atomic mass is 19.4. The fourth-order valence-electron chi connectivity index (χ4n) is 5.41. The summed E-state index contributed by atoms with van der Waals surface area (Å²) in [5.41, 5.74) is -2.95. The van der Waals surface area contributed by atoms with Crippen LogP contribution in [-0.4, -0.2) is 38.1 Å². The predicted octanol–water partition coefficient (Wildman–Crippen LogP) is 3.08. The summed E-state index contributed by atoms with van der Waals surface area (Å²) in [5, 5.41) is 9.63. The Labute approximate surface area is 202 Å². The van der Waals surface area contributed by atoms with Crippen LogP contribution in [-0.2, 0) is 17.5 Å². The zero-order valence-corrected chi connectivity index (χ0v) is 19.4. The van der Waals surface area contributed by atoms with E-state index in [2.05, 4.69) is 0 Å². The summed E-state index contributed by atoms with van der Waals surface area (Å²) in [6.07, 6.45) is 1.36. The maximum atomic E-state index is 13.4. The molecule has 1 unspecified atom stereocenters. The Morgan fingerprint density at radius 1 is 1.17 bits per heavy atom. The lowest BCUT2D eigenvalue weighted by Crippen LogP contribution is -2.43. The van der Waals surface area contributed by atoms with Crippen molar-refractivity contribution in [2.75, 3.05) is 7.05 Å². The number of allylic oxidation sites excluding steroid dienone is 4. The highest BCUT2D eigenvalue weighted by Crippen LogP contribution is 2.62. The fourth-order valence-corrected chi connectivity index (χ4v) is 5.41. The molecule has 3 aliphatic rings. The van der Waals surface area contributed by atoms with E-state index < -0.39 is 46.5 Å². The Morgan fingerprint density at radius 3 is 2.47 bits per heavy atom. The molecule has 1 amide bonds. The van der Waals surface area contributed by atoms with Gasteiger partial charge in [0.2, 0.25) is 5.91 Å². The van der Waals surface area contributed by atoms with Crippen molar-refractivity contribution in [3.63, 3.8) is 0 Å². The molecule has 1 aromatic heterocycles. The first-order valence-corrected chi connectivity index (χ1v) is 11.3. The minimum absolute atomic E-state index is 0.0111. The van der Waals surface area contributed by atoms with Crippen LogP contribution < -0.4 is 11.2 Å². The molecule has 188 valence electrons. The van der Waals surface area contributed by atoms with Gasteiger partial charge in [-0.3, -0.25) is 18.7 Å². The van der Waals surface area contributed by atoms with Crippen LogP contribution in [0.3, 0.4) is 0 Å². The zero-order chi connectivity index (χ0) is 26.2. The van der Waals surface area contributed by atoms with Gasteiger partial charge in [0.25, 0.3) is 5.56 Å². The van der Waals surface area contributed by atoms with Gasteiger partial charge in [-0.25, -0.2) is 9.59 Å². The van der Waals surface area contributed by atoms with E-state index in [-0.39, 0.29) is 29.4 Å². The second kappa shape index (κ2) is 7.81. The van der Waals surface area contributed by atoms with Gasteiger partial charge in [0.05, 0.1) is 17.5 Å². The molecule has 2 heterocycles. The van der Waals surface area contributed by atoms with Gasteiger partial charge in [-0.2, -0.15) is 13.2 Å². The predicted molar refractivity (Wildman–Crippen MR) is 122 cm³/mol. The van der Waals surface area contributed by atoms with Gasteiger partial charge in [-0.15, -0.1) is 0 Å². The number of fused-ring (bicyclic) bond motifs is 2. The molecule has 0 bridgehead atoms. The Hall–Kier alpha value is -3.89. The summed E-state index contributed by atoms with van der Waals surface area (Å²) in [5.74, 6) is -1.73. The summed E-state index contributed by atoms with van der Waals surface area (Å²) in [6.45, 7) is 0.707. The van der Waals surface area contributed by atoms with Crippen LogP contribution in [0.1, 0.15) is 46.3 Å². The third-order valence-corrected chi connectivity index (χ3v) is 7.58. The molecule has 1 atom stereocenters. The van der Waals surface area contributed by atoms with Gasteiger partial charge in [0.1, 0.15) is 5.56 Å². The second-order valence-corrected chi connectivity index (χ2v) is 9.51. The molecule has 2 fully saturated rings. The Kier molecular flexibility index (Phi) is 5.17. The Bertz CT molecular complexity index is 1510. The molecular formula is C25H22F3N3O5. The topological polar surface area (TPSA) is 102 Å². The van der Waals surface area contributed by atoms with E-state index in [1.165, 1.54) is 19.1 Å². The fraction of sp³-hybridized carbons (Fsp3) is 0.360. The minimum atomic E-state index is -4.63. The molecule has 36 heavy (non-hydrogen) atoms. The molecule has 1 aliphatic heterocycles. The minimum Gasteiger partial charge on any atom is -0.477 e. The number of hydrogen-bond acceptors (Lipinski definition) is 4. The number of carboxylic acids is 1. The number of likely N-dealkylation sites (tertiary alicyclic amines) is 1. The van der Waals surface area contributed by atoms with Crippen molar-refractivity contribution < 1.29 is 27.9 Å². The van der Waals surface area contributed by atoms with Crippen LogP contribution in [0.15, 0.2) is 51.8 Å². The lowest BCUT2D eigenvalue weighted by atomic mass is 9.83. The quantitative estimate of drug-likeness (QED) is 0.694. The number of nitrogens with zero attached hydrogens (tertiary/aromatic N) is 3. The van der Waals surface area contributed by atoms with Gasteiger partial charge in [0, 0.05) is 30.6 Å². The Balaban J connectivity index is 1.62. The summed E-state index contributed by atoms with van der Waals surface area (Å²) in [4.78, 5) is 52.5. The number of rotatable bonds is 4. The van der Waals surface area contributed by atoms with Crippen LogP contribution in [0, 0.1) is 18.3 Å². The van der Waals surface area contributed by atoms with E-state index in [1.807, 2.05) is 0 Å². The highest BCUT2D eigenvalue weighted by molar-refractivity contribution is 5.91. The molecular weight excluding hydrogens is 479 g/mol. The standard InChI is InChI=1S/C25H22F3N3O5/c1-13-14(4-3-5-17(13)25(26,27)28)11-31-20(32)16(21(33)34)12-30(23(31)36)15-6-7-19-18(10-15)24(8-9-24)22(35)29(19)2/h3-7,12,18H,8-11H2,1-2H3,(H,33,34). The molecule has 1 aromatic carbocycles. The van der Waals surface area contributed by atoms with Gasteiger partial charge in [0.15, 0.2) is 0 Å². The van der Waals surface area contributed by atoms with E-state index in [4.69, 9.17) is 0 Å². The van der Waals surface area contributed by atoms with Crippen molar-refractivity contribution in [1.29, 1.82) is 0 Å². The highest BCUT2D eigenvalue weighted by Gasteiger charge is 2.63. The van der Waals surface area contributed by atoms with E-state index in [0.717, 1.165) is 35.4 Å². The number of halogens is 3. The number of carboxylic acid groups (broad SMARTS) is 1. The van der Waals surface area contributed by atoms with Crippen molar-refractivity contribution >= 4 is 17.6 Å². The number of benzene rings is 1. The number of carbonyl (C=O) groups is 2. The first-order chi connectivity index (χ1) is 16.9.